The Labute approximate surface area is 69.5 Å². The zero-order valence-electron chi connectivity index (χ0n) is 6.67. The highest BCUT2D eigenvalue weighted by molar-refractivity contribution is 5.01. The maximum Gasteiger partial charge on any atom is 0.187 e. The predicted molar refractivity (Wildman–Crippen MR) is 37.3 cm³/mol. The van der Waals surface area contributed by atoms with E-state index >= 15 is 0 Å². The molecule has 70 valence electrons. The van der Waals surface area contributed by atoms with E-state index < -0.39 is 30.2 Å². The molecule has 5 nitrogen and oxygen atoms in total. The lowest BCUT2D eigenvalue weighted by Crippen LogP contribution is -2.62. The summed E-state index contributed by atoms with van der Waals surface area (Å²) in [6.45, 7) is 1.60. The molecule has 2 aliphatic heterocycles. The number of aliphatic hydroxyl groups is 3. The molecule has 5 atom stereocenters. The highest BCUT2D eigenvalue weighted by Crippen LogP contribution is 2.34. The van der Waals surface area contributed by atoms with Gasteiger partial charge in [0.05, 0.1) is 6.61 Å². The Morgan fingerprint density at radius 2 is 2.00 bits per heavy atom. The fourth-order valence-electron chi connectivity index (χ4n) is 1.60. The molecule has 0 aromatic carbocycles. The lowest BCUT2D eigenvalue weighted by Gasteiger charge is -2.40. The molecule has 2 rings (SSSR count). The molecule has 0 spiro atoms. The summed E-state index contributed by atoms with van der Waals surface area (Å²) >= 11 is 0. The van der Waals surface area contributed by atoms with Crippen LogP contribution in [0.2, 0.25) is 0 Å². The molecule has 0 saturated carbocycles. The normalized spacial score (nSPS) is 59.0. The predicted octanol–water partition coefficient (Wildman–Crippen LogP) is -1.79. The van der Waals surface area contributed by atoms with Crippen molar-refractivity contribution in [2.24, 2.45) is 0 Å². The van der Waals surface area contributed by atoms with Crippen LogP contribution in [0.25, 0.3) is 0 Å². The van der Waals surface area contributed by atoms with Gasteiger partial charge in [-0.15, -0.1) is 0 Å². The van der Waals surface area contributed by atoms with Crippen molar-refractivity contribution in [1.82, 2.24) is 0 Å². The molecule has 0 aromatic heterocycles. The average molecular weight is 176 g/mol. The van der Waals surface area contributed by atoms with Gasteiger partial charge in [0.25, 0.3) is 0 Å². The monoisotopic (exact) mass is 176 g/mol. The summed E-state index contributed by atoms with van der Waals surface area (Å²) in [4.78, 5) is 0. The highest BCUT2D eigenvalue weighted by atomic mass is 16.7. The summed E-state index contributed by atoms with van der Waals surface area (Å²) in [5, 5.41) is 28.5. The molecule has 2 bridgehead atoms. The van der Waals surface area contributed by atoms with Crippen molar-refractivity contribution in [3.8, 4) is 0 Å². The summed E-state index contributed by atoms with van der Waals surface area (Å²) in [7, 11) is 0. The van der Waals surface area contributed by atoms with Crippen LogP contribution < -0.4 is 0 Å². The van der Waals surface area contributed by atoms with Gasteiger partial charge in [-0.25, -0.2) is 0 Å². The lowest BCUT2D eigenvalue weighted by molar-refractivity contribution is -0.266. The number of hydrogen-bond acceptors (Lipinski definition) is 5. The molecule has 5 heteroatoms. The van der Waals surface area contributed by atoms with E-state index in [1.165, 1.54) is 6.92 Å². The first-order valence-corrected chi connectivity index (χ1v) is 3.89. The van der Waals surface area contributed by atoms with Crippen molar-refractivity contribution >= 4 is 0 Å². The number of rotatable bonds is 0. The molecule has 0 amide bonds. The third-order valence-electron chi connectivity index (χ3n) is 2.54. The Balaban J connectivity index is 2.27. The number of ether oxygens (including phenoxy) is 2. The van der Waals surface area contributed by atoms with E-state index in [4.69, 9.17) is 9.47 Å². The fourth-order valence-corrected chi connectivity index (χ4v) is 1.60. The first kappa shape index (κ1) is 8.40. The van der Waals surface area contributed by atoms with Gasteiger partial charge in [-0.2, -0.15) is 0 Å². The van der Waals surface area contributed by atoms with E-state index in [1.54, 1.807) is 0 Å². The van der Waals surface area contributed by atoms with E-state index in [1.807, 2.05) is 0 Å². The maximum atomic E-state index is 9.63. The van der Waals surface area contributed by atoms with Gasteiger partial charge < -0.3 is 24.8 Å². The Kier molecular flexibility index (Phi) is 1.68. The molecule has 2 heterocycles. The first-order valence-electron chi connectivity index (χ1n) is 3.89. The van der Waals surface area contributed by atoms with Crippen molar-refractivity contribution in [2.45, 2.75) is 37.1 Å². The Hall–Kier alpha value is -0.200. The average Bonchev–Trinajstić information content (AvgIpc) is 2.45. The van der Waals surface area contributed by atoms with Crippen LogP contribution in [0.3, 0.4) is 0 Å². The van der Waals surface area contributed by atoms with Crippen LogP contribution in [0.4, 0.5) is 0 Å². The molecule has 0 radical (unpaired) electrons. The summed E-state index contributed by atoms with van der Waals surface area (Å²) in [5.74, 6) is 0. The fraction of sp³-hybridized carbons (Fsp3) is 1.00. The third kappa shape index (κ3) is 0.915. The minimum absolute atomic E-state index is 0.221. The molecule has 3 N–H and O–H groups in total. The van der Waals surface area contributed by atoms with E-state index in [0.717, 1.165) is 0 Å². The van der Waals surface area contributed by atoms with E-state index in [2.05, 4.69) is 0 Å². The number of hydrogen-bond donors (Lipinski definition) is 3. The third-order valence-corrected chi connectivity index (χ3v) is 2.54. The summed E-state index contributed by atoms with van der Waals surface area (Å²) < 4.78 is 10.1. The zero-order valence-corrected chi connectivity index (χ0v) is 6.67. The van der Waals surface area contributed by atoms with Crippen molar-refractivity contribution in [2.75, 3.05) is 6.61 Å². The van der Waals surface area contributed by atoms with Crippen LogP contribution in [-0.4, -0.2) is 52.1 Å². The second-order valence-electron chi connectivity index (χ2n) is 3.49. The molecule has 2 fully saturated rings. The van der Waals surface area contributed by atoms with Crippen LogP contribution >= 0.6 is 0 Å². The first-order chi connectivity index (χ1) is 5.53. The molecule has 0 aliphatic carbocycles. The summed E-state index contributed by atoms with van der Waals surface area (Å²) in [6, 6.07) is 0. The minimum atomic E-state index is -1.54. The second-order valence-corrected chi connectivity index (χ2v) is 3.49. The Morgan fingerprint density at radius 1 is 1.33 bits per heavy atom. The smallest absolute Gasteiger partial charge is 0.187 e. The Bertz CT molecular complexity index is 174. The van der Waals surface area contributed by atoms with Gasteiger partial charge in [-0.1, -0.05) is 0 Å². The van der Waals surface area contributed by atoms with Gasteiger partial charge in [0.2, 0.25) is 0 Å². The van der Waals surface area contributed by atoms with Crippen LogP contribution in [0.5, 0.6) is 0 Å². The second kappa shape index (κ2) is 2.40. The molecule has 2 saturated heterocycles. The van der Waals surface area contributed by atoms with E-state index in [9.17, 15) is 15.3 Å². The molecule has 0 aromatic rings. The van der Waals surface area contributed by atoms with Gasteiger partial charge in [-0.05, 0) is 6.92 Å². The summed E-state index contributed by atoms with van der Waals surface area (Å²) in [6.07, 6.45) is -3.60. The van der Waals surface area contributed by atoms with Crippen LogP contribution in [0.1, 0.15) is 6.92 Å². The lowest BCUT2D eigenvalue weighted by atomic mass is 9.87. The van der Waals surface area contributed by atoms with Crippen molar-refractivity contribution in [3.63, 3.8) is 0 Å². The molecule has 12 heavy (non-hydrogen) atoms. The molecule has 2 aliphatic rings. The standard InChI is InChI=1S/C7H12O5/c1-7(10)4(8)3-2-11-6(12-3)5(7)9/h3-6,8-10H,2H2,1H3. The van der Waals surface area contributed by atoms with Gasteiger partial charge in [0, 0.05) is 0 Å². The van der Waals surface area contributed by atoms with E-state index in [-0.39, 0.29) is 6.61 Å². The maximum absolute atomic E-state index is 9.63. The molecular weight excluding hydrogens is 164 g/mol. The topological polar surface area (TPSA) is 79.2 Å². The summed E-state index contributed by atoms with van der Waals surface area (Å²) in [5.41, 5.74) is -1.54. The van der Waals surface area contributed by atoms with Crippen molar-refractivity contribution in [3.05, 3.63) is 0 Å². The zero-order chi connectivity index (χ0) is 8.93. The van der Waals surface area contributed by atoms with Gasteiger partial charge in [0.15, 0.2) is 6.29 Å². The SMILES string of the molecule is CC1(O)C(O)C2COC(O2)C1O. The van der Waals surface area contributed by atoms with Crippen molar-refractivity contribution in [1.29, 1.82) is 0 Å². The van der Waals surface area contributed by atoms with Gasteiger partial charge in [0.1, 0.15) is 23.9 Å². The van der Waals surface area contributed by atoms with Gasteiger partial charge >= 0.3 is 0 Å². The largest absolute Gasteiger partial charge is 0.387 e. The van der Waals surface area contributed by atoms with Crippen LogP contribution in [0, 0.1) is 0 Å². The minimum Gasteiger partial charge on any atom is -0.387 e. The quantitative estimate of drug-likeness (QED) is 0.406. The highest BCUT2D eigenvalue weighted by Gasteiger charge is 2.55. The number of aliphatic hydroxyl groups excluding tert-OH is 2. The van der Waals surface area contributed by atoms with E-state index in [0.29, 0.717) is 0 Å². The van der Waals surface area contributed by atoms with Gasteiger partial charge in [-0.3, -0.25) is 0 Å². The van der Waals surface area contributed by atoms with Crippen molar-refractivity contribution < 1.29 is 24.8 Å². The van der Waals surface area contributed by atoms with Crippen LogP contribution in [-0.2, 0) is 9.47 Å². The van der Waals surface area contributed by atoms with Crippen LogP contribution in [0.15, 0.2) is 0 Å². The molecule has 5 unspecified atom stereocenters. The number of fused-ring (bicyclic) bond motifs is 2. The molecular formula is C7H12O5. The Morgan fingerprint density at radius 3 is 2.67 bits per heavy atom.